The lowest BCUT2D eigenvalue weighted by Crippen LogP contribution is -2.47. The Bertz CT molecular complexity index is 1830. The first-order valence-corrected chi connectivity index (χ1v) is 18.2. The summed E-state index contributed by atoms with van der Waals surface area (Å²) in [5.74, 6) is -7.40. The van der Waals surface area contributed by atoms with Gasteiger partial charge in [0, 0.05) is 96.5 Å². The van der Waals surface area contributed by atoms with Gasteiger partial charge in [-0.15, -0.1) is 0 Å². The SMILES string of the molecule is O=C(O)CCCC(F)(F)C(O)CC[C@H]1[C@H](O)CC(=O)[C@@H]1CCC(=O)O.[2H]C1([2H])N(CCO)C([2H])([2H])C([2H])([2H])N(CCCN2c3ccccc3Sc3ccc(Cl)cc32)C1([2H])[2H]. The molecule has 2 aromatic rings. The molecule has 52 heavy (non-hydrogen) atoms. The Kier molecular flexibility index (Phi) is 12.1. The normalized spacial score (nSPS) is 27.4. The first-order chi connectivity index (χ1) is 27.8. The highest BCUT2D eigenvalue weighted by atomic mass is 35.5. The second kappa shape index (κ2) is 20.0. The van der Waals surface area contributed by atoms with Gasteiger partial charge in [0.2, 0.25) is 0 Å². The summed E-state index contributed by atoms with van der Waals surface area (Å²) in [6, 6.07) is 13.3. The maximum absolute atomic E-state index is 13.8. The number of carbonyl (C=O) groups excluding carboxylic acids is 1. The molecular weight excluding hydrogens is 720 g/mol. The fourth-order valence-electron chi connectivity index (χ4n) is 6.32. The summed E-state index contributed by atoms with van der Waals surface area (Å²) in [6.45, 7) is -12.6. The molecule has 2 heterocycles. The van der Waals surface area contributed by atoms with Crippen LogP contribution in [0.4, 0.5) is 20.2 Å². The summed E-state index contributed by atoms with van der Waals surface area (Å²) >= 11 is 7.86. The Morgan fingerprint density at radius 3 is 2.27 bits per heavy atom. The molecule has 0 aromatic heterocycles. The van der Waals surface area contributed by atoms with Gasteiger partial charge < -0.3 is 35.3 Å². The third kappa shape index (κ3) is 12.1. The molecule has 2 fully saturated rings. The molecule has 2 aromatic carbocycles. The number of Topliss-reactive ketones (excluding diaryl/α,β-unsaturated/α-hetero) is 1. The fourth-order valence-corrected chi connectivity index (χ4v) is 7.56. The zero-order valence-corrected chi connectivity index (χ0v) is 30.0. The molecule has 3 aliphatic rings. The van der Waals surface area contributed by atoms with E-state index in [1.54, 1.807) is 17.8 Å². The number of hydrogen-bond donors (Lipinski definition) is 5. The number of aliphatic hydroxyl groups is 3. The third-order valence-electron chi connectivity index (χ3n) is 8.98. The second-order valence-electron chi connectivity index (χ2n) is 12.7. The van der Waals surface area contributed by atoms with Crippen molar-refractivity contribution in [3.63, 3.8) is 0 Å². The predicted octanol–water partition coefficient (Wildman–Crippen LogP) is 5.39. The van der Waals surface area contributed by atoms with Gasteiger partial charge in [-0.1, -0.05) is 35.5 Å². The monoisotopic (exact) mass is 777 g/mol. The maximum atomic E-state index is 13.8. The Morgan fingerprint density at radius 1 is 0.942 bits per heavy atom. The van der Waals surface area contributed by atoms with Crippen LogP contribution in [-0.2, 0) is 14.4 Å². The molecule has 0 radical (unpaired) electrons. The summed E-state index contributed by atoms with van der Waals surface area (Å²) in [5.41, 5.74) is 1.79. The molecule has 0 amide bonds. The van der Waals surface area contributed by atoms with E-state index in [0.717, 1.165) is 21.2 Å². The molecule has 5 rings (SSSR count). The number of para-hydroxylation sites is 1. The van der Waals surface area contributed by atoms with Crippen LogP contribution in [-0.4, -0.2) is 123 Å². The fraction of sp³-hybridized carbons (Fsp3) is 0.595. The van der Waals surface area contributed by atoms with Crippen LogP contribution in [0.1, 0.15) is 68.8 Å². The largest absolute Gasteiger partial charge is 0.481 e. The number of hydrogen-bond acceptors (Lipinski definition) is 10. The van der Waals surface area contributed by atoms with Gasteiger partial charge in [-0.05, 0) is 74.9 Å². The Morgan fingerprint density at radius 2 is 1.60 bits per heavy atom. The first-order valence-electron chi connectivity index (χ1n) is 21.0. The van der Waals surface area contributed by atoms with E-state index in [-0.39, 0.29) is 57.3 Å². The van der Waals surface area contributed by atoms with E-state index in [4.69, 9.17) is 32.8 Å². The summed E-state index contributed by atoms with van der Waals surface area (Å²) in [7, 11) is 0. The number of carboxylic acid groups (broad SMARTS) is 2. The average Bonchev–Trinajstić information content (AvgIpc) is 3.42. The lowest BCUT2D eigenvalue weighted by atomic mass is 9.85. The molecule has 11 nitrogen and oxygen atoms in total. The molecule has 0 spiro atoms. The molecule has 1 saturated heterocycles. The average molecular weight is 778 g/mol. The predicted molar refractivity (Wildman–Crippen MR) is 195 cm³/mol. The van der Waals surface area contributed by atoms with Crippen LogP contribution in [0.3, 0.4) is 0 Å². The molecule has 2 aliphatic heterocycles. The van der Waals surface area contributed by atoms with E-state index < -0.39 is 93.9 Å². The highest BCUT2D eigenvalue weighted by molar-refractivity contribution is 7.99. The summed E-state index contributed by atoms with van der Waals surface area (Å²) in [4.78, 5) is 37.9. The number of β-amino-alcohol motifs (C(OH)–C–C–N with tert-alkyl or cyclic N) is 1. The van der Waals surface area contributed by atoms with E-state index in [2.05, 4.69) is 0 Å². The lowest BCUT2D eigenvalue weighted by Gasteiger charge is -2.36. The van der Waals surface area contributed by atoms with Gasteiger partial charge in [0.15, 0.2) is 0 Å². The third-order valence-corrected chi connectivity index (χ3v) is 10.3. The quantitative estimate of drug-likeness (QED) is 0.140. The number of carbonyl (C=O) groups is 3. The van der Waals surface area contributed by atoms with Gasteiger partial charge in [-0.3, -0.25) is 19.3 Å². The van der Waals surface area contributed by atoms with Crippen LogP contribution < -0.4 is 4.90 Å². The van der Waals surface area contributed by atoms with E-state index in [1.165, 1.54) is 0 Å². The Hall–Kier alpha value is -2.85. The molecule has 0 bridgehead atoms. The summed E-state index contributed by atoms with van der Waals surface area (Å²) in [5, 5.41) is 46.6. The number of piperazine rings is 1. The number of ketones is 1. The van der Waals surface area contributed by atoms with Gasteiger partial charge >= 0.3 is 11.9 Å². The zero-order valence-electron chi connectivity index (χ0n) is 36.4. The number of aliphatic carboxylic acids is 2. The first kappa shape index (κ1) is 31.5. The van der Waals surface area contributed by atoms with Gasteiger partial charge in [-0.2, -0.15) is 0 Å². The van der Waals surface area contributed by atoms with E-state index >= 15 is 0 Å². The van der Waals surface area contributed by atoms with Crippen molar-refractivity contribution in [3.8, 4) is 0 Å². The highest BCUT2D eigenvalue weighted by Crippen LogP contribution is 2.48. The van der Waals surface area contributed by atoms with Crippen LogP contribution in [0.15, 0.2) is 52.3 Å². The number of benzene rings is 2. The molecule has 1 aliphatic carbocycles. The number of rotatable bonds is 17. The topological polar surface area (TPSA) is 162 Å². The van der Waals surface area contributed by atoms with Crippen molar-refractivity contribution >= 4 is 52.5 Å². The summed E-state index contributed by atoms with van der Waals surface area (Å²) in [6.07, 6.45) is -5.05. The van der Waals surface area contributed by atoms with Gasteiger partial charge in [0.1, 0.15) is 11.9 Å². The standard InChI is InChI=1S/C21H26ClN3OS.C16H24F2O7/c22-17-6-7-21-19(16-17)25(18-4-1-2-5-20(18)27-21)9-3-8-23-10-12-24(13-11-23)14-15-26;17-16(18,7-1-2-14(22)23)13(21)5-3-9-10(4-6-15(24)25)12(20)8-11(9)19/h1-2,4-7,16,26H,3,8-15H2;9-11,13,19,21H,1-8H2,(H,22,23)(H,24,25)/t;9-,10-,11-,13?/m.1/s1/i10D2,11D2,12D2,13D2;. The van der Waals surface area contributed by atoms with Crippen LogP contribution in [0, 0.1) is 11.8 Å². The molecule has 5 N–H and O–H groups in total. The van der Waals surface area contributed by atoms with Crippen LogP contribution in [0.25, 0.3) is 0 Å². The van der Waals surface area contributed by atoms with Crippen molar-refractivity contribution in [2.45, 2.75) is 85.7 Å². The molecule has 288 valence electrons. The number of alkyl halides is 2. The number of nitrogens with zero attached hydrogens (tertiary/aromatic N) is 3. The molecule has 1 unspecified atom stereocenters. The maximum Gasteiger partial charge on any atom is 0.303 e. The van der Waals surface area contributed by atoms with Crippen molar-refractivity contribution in [3.05, 3.63) is 47.5 Å². The number of aliphatic hydroxyl groups excluding tert-OH is 3. The molecular formula is C37H50ClF2N3O8S. The van der Waals surface area contributed by atoms with Crippen LogP contribution >= 0.6 is 23.4 Å². The number of anilines is 2. The Labute approximate surface area is 323 Å². The lowest BCUT2D eigenvalue weighted by molar-refractivity contribution is -0.139. The van der Waals surface area contributed by atoms with Crippen molar-refractivity contribution in [1.29, 1.82) is 0 Å². The molecule has 4 atom stereocenters. The van der Waals surface area contributed by atoms with Gasteiger partial charge in [-0.25, -0.2) is 8.78 Å². The van der Waals surface area contributed by atoms with Gasteiger partial charge in [0.25, 0.3) is 5.92 Å². The van der Waals surface area contributed by atoms with Crippen molar-refractivity contribution in [2.24, 2.45) is 11.8 Å². The van der Waals surface area contributed by atoms with E-state index in [0.29, 0.717) is 21.4 Å². The number of fused-ring (bicyclic) bond motifs is 2. The molecule has 1 saturated carbocycles. The number of carboxylic acids is 2. The van der Waals surface area contributed by atoms with E-state index in [1.807, 2.05) is 41.3 Å². The van der Waals surface area contributed by atoms with Crippen molar-refractivity contribution in [1.82, 2.24) is 9.80 Å². The van der Waals surface area contributed by atoms with E-state index in [9.17, 15) is 38.5 Å². The second-order valence-corrected chi connectivity index (χ2v) is 14.2. The number of halogens is 3. The minimum atomic E-state index is -3.46. The minimum Gasteiger partial charge on any atom is -0.481 e. The minimum absolute atomic E-state index is 0.0288. The highest BCUT2D eigenvalue weighted by Gasteiger charge is 2.43. The van der Waals surface area contributed by atoms with Crippen LogP contribution in [0.2, 0.25) is 5.02 Å². The Balaban J connectivity index is 0.000000282. The van der Waals surface area contributed by atoms with Crippen LogP contribution in [0.5, 0.6) is 0 Å². The van der Waals surface area contributed by atoms with Crippen molar-refractivity contribution < 1.29 is 59.7 Å². The van der Waals surface area contributed by atoms with Crippen molar-refractivity contribution in [2.75, 3.05) is 57.1 Å². The smallest absolute Gasteiger partial charge is 0.303 e. The van der Waals surface area contributed by atoms with Gasteiger partial charge in [0.05, 0.1) is 24.1 Å². The molecule has 15 heteroatoms. The zero-order chi connectivity index (χ0) is 45.0. The summed E-state index contributed by atoms with van der Waals surface area (Å²) < 4.78 is 94.8.